The van der Waals surface area contributed by atoms with Crippen molar-refractivity contribution in [1.29, 1.82) is 0 Å². The highest BCUT2D eigenvalue weighted by Gasteiger charge is 2.65. The first kappa shape index (κ1) is 19.2. The van der Waals surface area contributed by atoms with Gasteiger partial charge < -0.3 is 15.7 Å². The van der Waals surface area contributed by atoms with Crippen LogP contribution in [0.4, 0.5) is 17.6 Å². The molecule has 1 aliphatic rings. The van der Waals surface area contributed by atoms with Gasteiger partial charge in [0, 0.05) is 5.56 Å². The average molecular weight is 398 g/mol. The molecule has 3 N–H and O–H groups in total. The number of thiocarbonyl (C=S) groups is 1. The maximum absolute atomic E-state index is 13.8. The van der Waals surface area contributed by atoms with E-state index in [-0.39, 0.29) is 11.1 Å². The summed E-state index contributed by atoms with van der Waals surface area (Å²) in [6, 6.07) is 10.6. The fraction of sp³-hybridized carbons (Fsp3) is 0.222. The summed E-state index contributed by atoms with van der Waals surface area (Å²) in [4.78, 5) is 13.0. The standard InChI is InChI=1S/C18H14F4N2O2S/c19-12-8-6-10(7-9-12)14-13(15(25)11-4-2-1-3-5-11)17(26,18(20,21)22)24-16(27)23-14/h1-9,13-14,26H,(H2,23,24,27)/t13-,14-,17+/m0/s1. The van der Waals surface area contributed by atoms with Crippen LogP contribution < -0.4 is 10.6 Å². The molecule has 3 atom stereocenters. The van der Waals surface area contributed by atoms with Gasteiger partial charge in [-0.2, -0.15) is 13.2 Å². The number of halogens is 4. The van der Waals surface area contributed by atoms with Crippen molar-refractivity contribution in [1.82, 2.24) is 10.6 Å². The molecule has 0 unspecified atom stereocenters. The number of nitrogens with one attached hydrogen (secondary N) is 2. The van der Waals surface area contributed by atoms with Gasteiger partial charge in [-0.3, -0.25) is 4.79 Å². The van der Waals surface area contributed by atoms with E-state index in [1.54, 1.807) is 11.4 Å². The zero-order valence-electron chi connectivity index (χ0n) is 13.6. The van der Waals surface area contributed by atoms with E-state index in [1.165, 1.54) is 36.4 Å². The van der Waals surface area contributed by atoms with Crippen LogP contribution >= 0.6 is 12.2 Å². The van der Waals surface area contributed by atoms with Crippen LogP contribution in [0.3, 0.4) is 0 Å². The Morgan fingerprint density at radius 2 is 1.67 bits per heavy atom. The van der Waals surface area contributed by atoms with Crippen molar-refractivity contribution >= 4 is 23.1 Å². The third-order valence-electron chi connectivity index (χ3n) is 4.38. The van der Waals surface area contributed by atoms with Crippen molar-refractivity contribution < 1.29 is 27.5 Å². The van der Waals surface area contributed by atoms with Gasteiger partial charge >= 0.3 is 6.18 Å². The van der Waals surface area contributed by atoms with Crippen LogP contribution in [0.15, 0.2) is 54.6 Å². The van der Waals surface area contributed by atoms with E-state index in [2.05, 4.69) is 5.32 Å². The van der Waals surface area contributed by atoms with Crippen molar-refractivity contribution in [3.05, 3.63) is 71.5 Å². The first-order chi connectivity index (χ1) is 12.6. The van der Waals surface area contributed by atoms with Gasteiger partial charge in [-0.1, -0.05) is 42.5 Å². The number of ketones is 1. The molecular formula is C18H14F4N2O2S. The average Bonchev–Trinajstić information content (AvgIpc) is 2.61. The molecule has 0 radical (unpaired) electrons. The van der Waals surface area contributed by atoms with E-state index in [1.807, 2.05) is 0 Å². The quantitative estimate of drug-likeness (QED) is 0.421. The molecule has 1 aliphatic heterocycles. The lowest BCUT2D eigenvalue weighted by molar-refractivity contribution is -0.285. The Hall–Kier alpha value is -2.52. The fourth-order valence-corrected chi connectivity index (χ4v) is 3.35. The minimum Gasteiger partial charge on any atom is -0.363 e. The summed E-state index contributed by atoms with van der Waals surface area (Å²) in [6.45, 7) is 0. The second-order valence-electron chi connectivity index (χ2n) is 6.10. The number of carbonyl (C=O) groups excluding carboxylic acids is 1. The molecule has 0 aromatic heterocycles. The van der Waals surface area contributed by atoms with Gasteiger partial charge in [0.2, 0.25) is 5.72 Å². The summed E-state index contributed by atoms with van der Waals surface area (Å²) in [5, 5.41) is 14.4. The Morgan fingerprint density at radius 1 is 1.07 bits per heavy atom. The zero-order chi connectivity index (χ0) is 19.8. The molecule has 1 saturated heterocycles. The highest BCUT2D eigenvalue weighted by atomic mass is 32.1. The van der Waals surface area contributed by atoms with Gasteiger partial charge in [0.05, 0.1) is 6.04 Å². The van der Waals surface area contributed by atoms with Crippen LogP contribution in [0.25, 0.3) is 0 Å². The van der Waals surface area contributed by atoms with Gasteiger partial charge in [0.25, 0.3) is 0 Å². The second kappa shape index (κ2) is 6.90. The molecule has 0 bridgehead atoms. The third kappa shape index (κ3) is 3.52. The van der Waals surface area contributed by atoms with E-state index in [0.717, 1.165) is 12.1 Å². The van der Waals surface area contributed by atoms with Crippen molar-refractivity contribution in [3.63, 3.8) is 0 Å². The molecule has 2 aromatic carbocycles. The van der Waals surface area contributed by atoms with Gasteiger partial charge in [-0.25, -0.2) is 4.39 Å². The van der Waals surface area contributed by atoms with Crippen molar-refractivity contribution in [2.24, 2.45) is 5.92 Å². The number of Topliss-reactive ketones (excluding diaryl/α,β-unsaturated/α-hetero) is 1. The summed E-state index contributed by atoms with van der Waals surface area (Å²) >= 11 is 4.81. The molecule has 27 heavy (non-hydrogen) atoms. The molecule has 0 spiro atoms. The lowest BCUT2D eigenvalue weighted by atomic mass is 9.77. The molecule has 142 valence electrons. The molecule has 9 heteroatoms. The topological polar surface area (TPSA) is 61.4 Å². The highest BCUT2D eigenvalue weighted by Crippen LogP contribution is 2.43. The molecule has 0 aliphatic carbocycles. The smallest absolute Gasteiger partial charge is 0.363 e. The minimum atomic E-state index is -5.20. The second-order valence-corrected chi connectivity index (χ2v) is 6.51. The molecule has 0 saturated carbocycles. The SMILES string of the molecule is O=C(c1ccccc1)[C@@H]1[C@H](c2ccc(F)cc2)NC(=S)N[C@]1(O)C(F)(F)F. The lowest BCUT2D eigenvalue weighted by Crippen LogP contribution is -2.72. The molecule has 1 fully saturated rings. The van der Waals surface area contributed by atoms with Crippen LogP contribution in [0, 0.1) is 11.7 Å². The minimum absolute atomic E-state index is 0.00583. The summed E-state index contributed by atoms with van der Waals surface area (Å²) in [5.41, 5.74) is -3.42. The molecule has 1 heterocycles. The number of rotatable bonds is 3. The van der Waals surface area contributed by atoms with Crippen molar-refractivity contribution in [2.45, 2.75) is 17.9 Å². The number of carbonyl (C=O) groups is 1. The summed E-state index contributed by atoms with van der Waals surface area (Å²) in [6.07, 6.45) is -5.20. The van der Waals surface area contributed by atoms with Crippen LogP contribution in [-0.2, 0) is 0 Å². The normalized spacial score (nSPS) is 25.4. The molecule has 2 aromatic rings. The summed E-state index contributed by atoms with van der Waals surface area (Å²) < 4.78 is 54.5. The lowest BCUT2D eigenvalue weighted by Gasteiger charge is -2.46. The van der Waals surface area contributed by atoms with Crippen molar-refractivity contribution in [2.75, 3.05) is 0 Å². The van der Waals surface area contributed by atoms with Crippen LogP contribution in [0.2, 0.25) is 0 Å². The Morgan fingerprint density at radius 3 is 2.22 bits per heavy atom. The Balaban J connectivity index is 2.15. The zero-order valence-corrected chi connectivity index (χ0v) is 14.4. The summed E-state index contributed by atoms with van der Waals surface area (Å²) in [7, 11) is 0. The van der Waals surface area contributed by atoms with E-state index >= 15 is 0 Å². The van der Waals surface area contributed by atoms with Gasteiger partial charge in [0.1, 0.15) is 11.7 Å². The third-order valence-corrected chi connectivity index (χ3v) is 4.60. The molecule has 3 rings (SSSR count). The molecule has 0 amide bonds. The monoisotopic (exact) mass is 398 g/mol. The van der Waals surface area contributed by atoms with Gasteiger partial charge in [0.15, 0.2) is 10.9 Å². The van der Waals surface area contributed by atoms with Crippen LogP contribution in [0.5, 0.6) is 0 Å². The Kier molecular flexibility index (Phi) is 4.92. The van der Waals surface area contributed by atoms with E-state index < -0.39 is 40.6 Å². The largest absolute Gasteiger partial charge is 0.437 e. The molecule has 4 nitrogen and oxygen atoms in total. The van der Waals surface area contributed by atoms with Crippen LogP contribution in [0.1, 0.15) is 22.0 Å². The van der Waals surface area contributed by atoms with Crippen LogP contribution in [-0.4, -0.2) is 27.9 Å². The Bertz CT molecular complexity index is 858. The summed E-state index contributed by atoms with van der Waals surface area (Å²) in [5.74, 6) is -3.53. The number of aliphatic hydroxyl groups is 1. The van der Waals surface area contributed by atoms with E-state index in [9.17, 15) is 27.5 Å². The molecular weight excluding hydrogens is 384 g/mol. The number of hydrogen-bond donors (Lipinski definition) is 3. The number of benzene rings is 2. The Labute approximate surface area is 157 Å². The van der Waals surface area contributed by atoms with Gasteiger partial charge in [-0.15, -0.1) is 0 Å². The fourth-order valence-electron chi connectivity index (χ4n) is 3.07. The van der Waals surface area contributed by atoms with E-state index in [4.69, 9.17) is 12.2 Å². The first-order valence-corrected chi connectivity index (χ1v) is 8.27. The predicted molar refractivity (Wildman–Crippen MR) is 93.3 cm³/mol. The number of hydrogen-bond acceptors (Lipinski definition) is 3. The van der Waals surface area contributed by atoms with E-state index in [0.29, 0.717) is 0 Å². The maximum atomic E-state index is 13.8. The number of alkyl halides is 3. The highest BCUT2D eigenvalue weighted by molar-refractivity contribution is 7.80. The predicted octanol–water partition coefficient (Wildman–Crippen LogP) is 3.09. The first-order valence-electron chi connectivity index (χ1n) is 7.86. The van der Waals surface area contributed by atoms with Gasteiger partial charge in [-0.05, 0) is 29.9 Å². The van der Waals surface area contributed by atoms with Crippen molar-refractivity contribution in [3.8, 4) is 0 Å². The maximum Gasteiger partial charge on any atom is 0.437 e.